The molecule has 1 atom stereocenters. The first-order valence-corrected chi connectivity index (χ1v) is 12.9. The average Bonchev–Trinajstić information content (AvgIpc) is 3.15. The Bertz CT molecular complexity index is 1290. The number of rotatable bonds is 8. The minimum absolute atomic E-state index is 0.0239. The number of hydrogen-bond acceptors (Lipinski definition) is 5. The van der Waals surface area contributed by atoms with Gasteiger partial charge in [-0.3, -0.25) is 14.4 Å². The quantitative estimate of drug-likeness (QED) is 0.444. The summed E-state index contributed by atoms with van der Waals surface area (Å²) in [4.78, 5) is 36.3. The van der Waals surface area contributed by atoms with Gasteiger partial charge in [0.1, 0.15) is 0 Å². The van der Waals surface area contributed by atoms with E-state index in [1.165, 1.54) is 31.2 Å². The first-order valence-electron chi connectivity index (χ1n) is 11.4. The predicted octanol–water partition coefficient (Wildman–Crippen LogP) is 2.83. The highest BCUT2D eigenvalue weighted by molar-refractivity contribution is 7.89. The minimum atomic E-state index is -5.04. The fourth-order valence-electron chi connectivity index (χ4n) is 3.76. The Morgan fingerprint density at radius 3 is 2.30 bits per heavy atom. The molecule has 0 saturated carbocycles. The molecule has 9 nitrogen and oxygen atoms in total. The van der Waals surface area contributed by atoms with Crippen molar-refractivity contribution in [2.75, 3.05) is 23.3 Å². The summed E-state index contributed by atoms with van der Waals surface area (Å²) in [6.07, 6.45) is -4.96. The molecule has 1 unspecified atom stereocenters. The molecule has 2 aromatic rings. The van der Waals surface area contributed by atoms with Crippen LogP contribution in [0.15, 0.2) is 47.4 Å². The van der Waals surface area contributed by atoms with E-state index in [1.807, 2.05) is 0 Å². The fourth-order valence-corrected chi connectivity index (χ4v) is 4.84. The molecule has 0 radical (unpaired) electrons. The Labute approximate surface area is 212 Å². The Hall–Kier alpha value is -3.45. The van der Waals surface area contributed by atoms with Crippen molar-refractivity contribution in [3.8, 4) is 0 Å². The number of carbonyl (C=O) groups excluding carboxylic acids is 3. The Kier molecular flexibility index (Phi) is 8.28. The minimum Gasteiger partial charge on any atom is -0.351 e. The van der Waals surface area contributed by atoms with Crippen LogP contribution in [0, 0.1) is 5.92 Å². The molecule has 13 heteroatoms. The molecule has 3 N–H and O–H groups in total. The molecule has 0 saturated heterocycles. The van der Waals surface area contributed by atoms with E-state index in [1.54, 1.807) is 26.0 Å². The lowest BCUT2D eigenvalue weighted by molar-refractivity contribution is -0.170. The number of fused-ring (bicyclic) bond motifs is 1. The molecule has 3 amide bonds. The second-order valence-electron chi connectivity index (χ2n) is 8.89. The van der Waals surface area contributed by atoms with Crippen molar-refractivity contribution >= 4 is 39.1 Å². The van der Waals surface area contributed by atoms with E-state index < -0.39 is 34.1 Å². The molecule has 200 valence electrons. The molecule has 0 bridgehead atoms. The third-order valence-electron chi connectivity index (χ3n) is 5.68. The Balaban J connectivity index is 1.56. The van der Waals surface area contributed by atoms with Gasteiger partial charge in [-0.25, -0.2) is 13.1 Å². The largest absolute Gasteiger partial charge is 0.471 e. The fraction of sp³-hybridized carbons (Fsp3) is 0.375. The second-order valence-corrected chi connectivity index (χ2v) is 10.7. The normalized spacial score (nSPS) is 15.4. The highest BCUT2D eigenvalue weighted by atomic mass is 32.2. The summed E-state index contributed by atoms with van der Waals surface area (Å²) in [6, 6.07) is 9.00. The third-order valence-corrected chi connectivity index (χ3v) is 7.14. The molecule has 1 aliphatic rings. The molecule has 37 heavy (non-hydrogen) atoms. The zero-order valence-corrected chi connectivity index (χ0v) is 21.2. The van der Waals surface area contributed by atoms with E-state index in [2.05, 4.69) is 15.4 Å². The smallest absolute Gasteiger partial charge is 0.351 e. The lowest BCUT2D eigenvalue weighted by Crippen LogP contribution is -2.44. The van der Waals surface area contributed by atoms with E-state index in [0.717, 1.165) is 6.07 Å². The lowest BCUT2D eigenvalue weighted by atomic mass is 10.1. The van der Waals surface area contributed by atoms with E-state index in [4.69, 9.17) is 0 Å². The van der Waals surface area contributed by atoms with Gasteiger partial charge in [0.25, 0.3) is 5.91 Å². The Morgan fingerprint density at radius 1 is 1.05 bits per heavy atom. The molecule has 1 aliphatic heterocycles. The Morgan fingerprint density at radius 2 is 1.70 bits per heavy atom. The van der Waals surface area contributed by atoms with Crippen LogP contribution in [-0.2, 0) is 26.0 Å². The summed E-state index contributed by atoms with van der Waals surface area (Å²) < 4.78 is 66.4. The molecule has 0 fully saturated rings. The first kappa shape index (κ1) is 28.1. The van der Waals surface area contributed by atoms with Gasteiger partial charge >= 0.3 is 12.1 Å². The highest BCUT2D eigenvalue weighted by Crippen LogP contribution is 2.36. The van der Waals surface area contributed by atoms with Gasteiger partial charge in [0.15, 0.2) is 0 Å². The number of anilines is 2. The topological polar surface area (TPSA) is 125 Å². The van der Waals surface area contributed by atoms with Crippen molar-refractivity contribution in [1.82, 2.24) is 10.0 Å². The summed E-state index contributed by atoms with van der Waals surface area (Å²) in [5.74, 6) is -2.80. The number of carbonyl (C=O) groups is 3. The number of amides is 3. The van der Waals surface area contributed by atoms with Crippen molar-refractivity contribution in [1.29, 1.82) is 0 Å². The second kappa shape index (κ2) is 10.9. The molecule has 0 aliphatic carbocycles. The number of nitrogens with zero attached hydrogens (tertiary/aromatic N) is 1. The van der Waals surface area contributed by atoms with Crippen molar-refractivity contribution in [3.05, 3.63) is 53.6 Å². The number of sulfonamides is 1. The van der Waals surface area contributed by atoms with Gasteiger partial charge in [0.05, 0.1) is 4.90 Å². The van der Waals surface area contributed by atoms with Crippen LogP contribution in [0.3, 0.4) is 0 Å². The van der Waals surface area contributed by atoms with Gasteiger partial charge in [-0.05, 0) is 61.4 Å². The summed E-state index contributed by atoms with van der Waals surface area (Å²) >= 11 is 0. The molecular weight excluding hydrogens is 513 g/mol. The van der Waals surface area contributed by atoms with Crippen LogP contribution in [0.2, 0.25) is 0 Å². The number of hydrogen-bond donors (Lipinski definition) is 3. The SMILES string of the molecule is CC(C)C(=O)Nc1ccc(C(=O)NCCNS(=O)(=O)c2ccc3c(c2)CC(C)N3C(=O)C(F)(F)F)cc1. The van der Waals surface area contributed by atoms with E-state index in [9.17, 15) is 36.0 Å². The zero-order valence-electron chi connectivity index (χ0n) is 20.3. The molecule has 0 aromatic heterocycles. The van der Waals surface area contributed by atoms with Crippen LogP contribution in [0.5, 0.6) is 0 Å². The molecule has 1 heterocycles. The summed E-state index contributed by atoms with van der Waals surface area (Å²) in [6.45, 7) is 4.80. The molecule has 0 spiro atoms. The number of nitrogens with one attached hydrogen (secondary N) is 3. The number of alkyl halides is 3. The van der Waals surface area contributed by atoms with Crippen LogP contribution in [-0.4, -0.2) is 51.4 Å². The van der Waals surface area contributed by atoms with Crippen LogP contribution >= 0.6 is 0 Å². The van der Waals surface area contributed by atoms with Crippen LogP contribution in [0.1, 0.15) is 36.7 Å². The van der Waals surface area contributed by atoms with Crippen LogP contribution in [0.4, 0.5) is 24.5 Å². The van der Waals surface area contributed by atoms with Gasteiger partial charge in [-0.1, -0.05) is 13.8 Å². The zero-order chi connectivity index (χ0) is 27.5. The van der Waals surface area contributed by atoms with E-state index >= 15 is 0 Å². The lowest BCUT2D eigenvalue weighted by Gasteiger charge is -2.23. The molecule has 2 aromatic carbocycles. The predicted molar refractivity (Wildman–Crippen MR) is 131 cm³/mol. The highest BCUT2D eigenvalue weighted by Gasteiger charge is 2.47. The van der Waals surface area contributed by atoms with Gasteiger partial charge in [0, 0.05) is 42.0 Å². The molecule has 3 rings (SSSR count). The van der Waals surface area contributed by atoms with Crippen molar-refractivity contribution in [2.45, 2.75) is 44.3 Å². The number of halogens is 3. The van der Waals surface area contributed by atoms with Gasteiger partial charge in [0.2, 0.25) is 15.9 Å². The third kappa shape index (κ3) is 6.66. The summed E-state index contributed by atoms with van der Waals surface area (Å²) in [5.41, 5.74) is 1.19. The van der Waals surface area contributed by atoms with Gasteiger partial charge in [-0.2, -0.15) is 13.2 Å². The monoisotopic (exact) mass is 540 g/mol. The van der Waals surface area contributed by atoms with Crippen LogP contribution in [0.25, 0.3) is 0 Å². The summed E-state index contributed by atoms with van der Waals surface area (Å²) in [7, 11) is -4.02. The van der Waals surface area contributed by atoms with Gasteiger partial charge in [-0.15, -0.1) is 0 Å². The maximum Gasteiger partial charge on any atom is 0.471 e. The van der Waals surface area contributed by atoms with Crippen molar-refractivity contribution < 1.29 is 36.0 Å². The van der Waals surface area contributed by atoms with Crippen LogP contribution < -0.4 is 20.3 Å². The maximum atomic E-state index is 12.9. The van der Waals surface area contributed by atoms with Crippen molar-refractivity contribution in [2.24, 2.45) is 5.92 Å². The van der Waals surface area contributed by atoms with E-state index in [-0.39, 0.29) is 41.9 Å². The summed E-state index contributed by atoms with van der Waals surface area (Å²) in [5, 5.41) is 5.29. The standard InChI is InChI=1S/C24H27F3N4O5S/c1-14(2)21(32)30-18-6-4-16(5-7-18)22(33)28-10-11-29-37(35,36)19-8-9-20-17(13-19)12-15(3)31(20)23(34)24(25,26)27/h4-9,13-15,29H,10-12H2,1-3H3,(H,28,33)(H,30,32). The number of benzene rings is 2. The maximum absolute atomic E-state index is 12.9. The van der Waals surface area contributed by atoms with Crippen molar-refractivity contribution in [3.63, 3.8) is 0 Å². The average molecular weight is 541 g/mol. The first-order chi connectivity index (χ1) is 17.2. The van der Waals surface area contributed by atoms with E-state index in [0.29, 0.717) is 21.7 Å². The van der Waals surface area contributed by atoms with Gasteiger partial charge < -0.3 is 15.5 Å². The molecular formula is C24H27F3N4O5S.